The topological polar surface area (TPSA) is 49.7 Å². The lowest BCUT2D eigenvalue weighted by Crippen LogP contribution is -2.38. The smallest absolute Gasteiger partial charge is 0.0981 e. The molecule has 19 heavy (non-hydrogen) atoms. The molecular formula is C15H21ClO3. The normalized spacial score (nSPS) is 33.6. The summed E-state index contributed by atoms with van der Waals surface area (Å²) < 4.78 is 5.88. The van der Waals surface area contributed by atoms with Crippen molar-refractivity contribution in [3.05, 3.63) is 24.3 Å². The maximum atomic E-state index is 9.84. The highest BCUT2D eigenvalue weighted by Crippen LogP contribution is 2.23. The molecule has 0 bridgehead atoms. The van der Waals surface area contributed by atoms with Gasteiger partial charge in [-0.25, -0.2) is 0 Å². The molecule has 0 aromatic rings. The molecule has 0 aliphatic carbocycles. The average Bonchev–Trinajstić information content (AvgIpc) is 2.39. The maximum Gasteiger partial charge on any atom is 0.0981 e. The zero-order valence-corrected chi connectivity index (χ0v) is 11.8. The largest absolute Gasteiger partial charge is 0.390 e. The average molecular weight is 285 g/mol. The third-order valence-electron chi connectivity index (χ3n) is 3.12. The molecule has 1 rings (SSSR count). The van der Waals surface area contributed by atoms with E-state index in [1.165, 1.54) is 0 Å². The van der Waals surface area contributed by atoms with Crippen molar-refractivity contribution in [2.45, 2.75) is 56.0 Å². The van der Waals surface area contributed by atoms with Crippen molar-refractivity contribution in [2.24, 2.45) is 0 Å². The van der Waals surface area contributed by atoms with Crippen LogP contribution in [0.4, 0.5) is 0 Å². The predicted molar refractivity (Wildman–Crippen MR) is 77.0 cm³/mol. The van der Waals surface area contributed by atoms with Gasteiger partial charge in [0.05, 0.1) is 29.8 Å². The van der Waals surface area contributed by atoms with Gasteiger partial charge in [0.2, 0.25) is 0 Å². The molecule has 1 heterocycles. The van der Waals surface area contributed by atoms with E-state index in [1.807, 2.05) is 6.92 Å². The molecule has 0 amide bonds. The van der Waals surface area contributed by atoms with Gasteiger partial charge in [-0.05, 0) is 18.9 Å². The zero-order valence-electron chi connectivity index (χ0n) is 11.1. The quantitative estimate of drug-likeness (QED) is 0.472. The van der Waals surface area contributed by atoms with Crippen molar-refractivity contribution in [2.75, 3.05) is 0 Å². The van der Waals surface area contributed by atoms with Crippen LogP contribution in [-0.2, 0) is 4.74 Å². The molecule has 3 nitrogen and oxygen atoms in total. The summed E-state index contributed by atoms with van der Waals surface area (Å²) in [7, 11) is 0. The van der Waals surface area contributed by atoms with Crippen LogP contribution in [0.5, 0.6) is 0 Å². The van der Waals surface area contributed by atoms with E-state index < -0.39 is 12.2 Å². The Bertz CT molecular complexity index is 359. The van der Waals surface area contributed by atoms with Crippen LogP contribution in [0, 0.1) is 12.3 Å². The second-order valence-electron chi connectivity index (χ2n) is 4.62. The van der Waals surface area contributed by atoms with E-state index >= 15 is 0 Å². The van der Waals surface area contributed by atoms with Crippen molar-refractivity contribution >= 4 is 11.6 Å². The number of aliphatic hydroxyl groups is 2. The number of hydrogen-bond acceptors (Lipinski definition) is 3. The minimum Gasteiger partial charge on any atom is -0.390 e. The Labute approximate surface area is 119 Å². The van der Waals surface area contributed by atoms with Gasteiger partial charge < -0.3 is 14.9 Å². The first kappa shape index (κ1) is 16.3. The van der Waals surface area contributed by atoms with E-state index in [0.717, 1.165) is 6.42 Å². The summed E-state index contributed by atoms with van der Waals surface area (Å²) in [6.45, 7) is 2.00. The van der Waals surface area contributed by atoms with E-state index in [2.05, 4.69) is 5.92 Å². The second-order valence-corrected chi connectivity index (χ2v) is 5.18. The second kappa shape index (κ2) is 8.39. The zero-order chi connectivity index (χ0) is 14.3. The molecule has 0 saturated carbocycles. The molecule has 0 radical (unpaired) electrons. The molecule has 1 unspecified atom stereocenters. The predicted octanol–water partition coefficient (Wildman–Crippen LogP) is 2.02. The Morgan fingerprint density at radius 1 is 1.53 bits per heavy atom. The van der Waals surface area contributed by atoms with Gasteiger partial charge in [-0.15, -0.1) is 18.0 Å². The van der Waals surface area contributed by atoms with E-state index in [4.69, 9.17) is 22.8 Å². The van der Waals surface area contributed by atoms with Crippen molar-refractivity contribution in [1.29, 1.82) is 0 Å². The molecule has 0 saturated heterocycles. The number of ether oxygens (including phenoxy) is 1. The highest BCUT2D eigenvalue weighted by atomic mass is 35.5. The summed E-state index contributed by atoms with van der Waals surface area (Å²) in [4.78, 5) is 0. The Morgan fingerprint density at radius 3 is 2.89 bits per heavy atom. The third kappa shape index (κ3) is 5.38. The standard InChI is InChI=1S/C15H21ClO3/c1-3-5-6-7-12(16)15-10-14(18)13(17)9-8-11(4-2)19-15/h1,5-6,8-9,11-15,17-18H,4,7,10H2,2H3/b6-5-,9-8?/t11-,12?,13-,14-,15-/m1/s1. The Morgan fingerprint density at radius 2 is 2.26 bits per heavy atom. The molecule has 2 N–H and O–H groups in total. The molecule has 1 aliphatic heterocycles. The SMILES string of the molecule is C#C/C=C\CC(Cl)[C@H]1C[C@@H](O)[C@H](O)C=C[C@@H](CC)O1. The lowest BCUT2D eigenvalue weighted by molar-refractivity contribution is -0.0482. The number of aliphatic hydroxyl groups excluding tert-OH is 2. The van der Waals surface area contributed by atoms with Crippen molar-refractivity contribution in [1.82, 2.24) is 0 Å². The van der Waals surface area contributed by atoms with Gasteiger partial charge >= 0.3 is 0 Å². The highest BCUT2D eigenvalue weighted by Gasteiger charge is 2.29. The van der Waals surface area contributed by atoms with E-state index in [0.29, 0.717) is 12.8 Å². The lowest BCUT2D eigenvalue weighted by atomic mass is 9.99. The summed E-state index contributed by atoms with van der Waals surface area (Å²) in [6, 6.07) is 0. The third-order valence-corrected chi connectivity index (χ3v) is 3.58. The van der Waals surface area contributed by atoms with Gasteiger partial charge in [0.15, 0.2) is 0 Å². The number of terminal acetylenes is 1. The molecule has 4 heteroatoms. The molecule has 1 aliphatic rings. The molecule has 0 aromatic heterocycles. The van der Waals surface area contributed by atoms with Gasteiger partial charge in [0.25, 0.3) is 0 Å². The fraction of sp³-hybridized carbons (Fsp3) is 0.600. The van der Waals surface area contributed by atoms with E-state index in [1.54, 1.807) is 24.3 Å². The molecule has 0 aromatic carbocycles. The Hall–Kier alpha value is -0.790. The van der Waals surface area contributed by atoms with Crippen LogP contribution in [-0.4, -0.2) is 40.0 Å². The van der Waals surface area contributed by atoms with Gasteiger partial charge in [0.1, 0.15) is 0 Å². The fourth-order valence-corrected chi connectivity index (χ4v) is 2.22. The number of hydrogen-bond donors (Lipinski definition) is 2. The van der Waals surface area contributed by atoms with Crippen LogP contribution >= 0.6 is 11.6 Å². The summed E-state index contributed by atoms with van der Waals surface area (Å²) in [5.41, 5.74) is 0. The number of halogens is 1. The van der Waals surface area contributed by atoms with Gasteiger partial charge in [-0.2, -0.15) is 0 Å². The monoisotopic (exact) mass is 284 g/mol. The summed E-state index contributed by atoms with van der Waals surface area (Å²) in [6.07, 6.45) is 11.4. The number of alkyl halides is 1. The molecular weight excluding hydrogens is 264 g/mol. The van der Waals surface area contributed by atoms with Gasteiger partial charge in [-0.3, -0.25) is 0 Å². The first-order valence-electron chi connectivity index (χ1n) is 6.53. The van der Waals surface area contributed by atoms with Crippen molar-refractivity contribution < 1.29 is 14.9 Å². The summed E-state index contributed by atoms with van der Waals surface area (Å²) >= 11 is 6.29. The van der Waals surface area contributed by atoms with Crippen LogP contribution in [0.2, 0.25) is 0 Å². The first-order valence-corrected chi connectivity index (χ1v) is 6.97. The van der Waals surface area contributed by atoms with Crippen LogP contribution in [0.15, 0.2) is 24.3 Å². The van der Waals surface area contributed by atoms with Crippen molar-refractivity contribution in [3.8, 4) is 12.3 Å². The Kier molecular flexibility index (Phi) is 7.19. The number of rotatable bonds is 4. The molecule has 5 atom stereocenters. The Balaban J connectivity index is 2.71. The van der Waals surface area contributed by atoms with Gasteiger partial charge in [0, 0.05) is 6.42 Å². The lowest BCUT2D eigenvalue weighted by Gasteiger charge is -2.30. The van der Waals surface area contributed by atoms with Crippen LogP contribution in [0.1, 0.15) is 26.2 Å². The molecule has 0 spiro atoms. The molecule has 106 valence electrons. The summed E-state index contributed by atoms with van der Waals surface area (Å²) in [5, 5.41) is 19.3. The molecule has 0 fully saturated rings. The maximum absolute atomic E-state index is 9.84. The van der Waals surface area contributed by atoms with Crippen LogP contribution in [0.3, 0.4) is 0 Å². The van der Waals surface area contributed by atoms with E-state index in [-0.39, 0.29) is 17.6 Å². The summed E-state index contributed by atoms with van der Waals surface area (Å²) in [5.74, 6) is 2.40. The van der Waals surface area contributed by atoms with Crippen LogP contribution in [0.25, 0.3) is 0 Å². The first-order chi connectivity index (χ1) is 9.08. The van der Waals surface area contributed by atoms with Crippen molar-refractivity contribution in [3.63, 3.8) is 0 Å². The number of allylic oxidation sites excluding steroid dienone is 2. The fourth-order valence-electron chi connectivity index (χ4n) is 1.95. The van der Waals surface area contributed by atoms with Crippen LogP contribution < -0.4 is 0 Å². The minimum absolute atomic E-state index is 0.0926. The highest BCUT2D eigenvalue weighted by molar-refractivity contribution is 6.21. The van der Waals surface area contributed by atoms with E-state index in [9.17, 15) is 10.2 Å². The van der Waals surface area contributed by atoms with Gasteiger partial charge in [-0.1, -0.05) is 31.1 Å². The minimum atomic E-state index is -0.870.